The van der Waals surface area contributed by atoms with E-state index in [4.69, 9.17) is 5.73 Å². The van der Waals surface area contributed by atoms with Crippen LogP contribution in [0.2, 0.25) is 0 Å². The van der Waals surface area contributed by atoms with Gasteiger partial charge in [-0.2, -0.15) is 0 Å². The Morgan fingerprint density at radius 3 is 2.65 bits per heavy atom. The van der Waals surface area contributed by atoms with E-state index in [0.29, 0.717) is 0 Å². The molecule has 0 bridgehead atoms. The fourth-order valence-corrected chi connectivity index (χ4v) is 2.19. The fraction of sp³-hybridized carbons (Fsp3) is 0.133. The van der Waals surface area contributed by atoms with Gasteiger partial charge in [-0.25, -0.2) is 4.68 Å². The molecule has 1 atom stereocenters. The molecule has 0 amide bonds. The molecule has 0 aliphatic carbocycles. The first-order valence-electron chi connectivity index (χ1n) is 6.40. The Hall–Kier alpha value is -2.53. The van der Waals surface area contributed by atoms with E-state index >= 15 is 0 Å². The SMILES string of the molecule is Cc1cccnc1C(N)c1cnnn1-c1ccccc1. The first-order valence-corrected chi connectivity index (χ1v) is 6.40. The lowest BCUT2D eigenvalue weighted by molar-refractivity contribution is 0.704. The predicted molar refractivity (Wildman–Crippen MR) is 76.4 cm³/mol. The molecule has 2 N–H and O–H groups in total. The van der Waals surface area contributed by atoms with Gasteiger partial charge in [-0.3, -0.25) is 4.98 Å². The maximum absolute atomic E-state index is 6.34. The Bertz CT molecular complexity index is 705. The molecule has 3 aromatic rings. The summed E-state index contributed by atoms with van der Waals surface area (Å²) in [5.74, 6) is 0. The van der Waals surface area contributed by atoms with Crippen LogP contribution >= 0.6 is 0 Å². The van der Waals surface area contributed by atoms with E-state index in [9.17, 15) is 0 Å². The van der Waals surface area contributed by atoms with Gasteiger partial charge in [-0.1, -0.05) is 29.5 Å². The highest BCUT2D eigenvalue weighted by molar-refractivity contribution is 5.35. The van der Waals surface area contributed by atoms with Crippen molar-refractivity contribution in [3.8, 4) is 5.69 Å². The van der Waals surface area contributed by atoms with Gasteiger partial charge in [0.25, 0.3) is 0 Å². The van der Waals surface area contributed by atoms with Gasteiger partial charge < -0.3 is 5.73 Å². The number of nitrogens with two attached hydrogens (primary N) is 1. The first-order chi connectivity index (χ1) is 9.77. The van der Waals surface area contributed by atoms with Gasteiger partial charge in [-0.15, -0.1) is 5.10 Å². The topological polar surface area (TPSA) is 69.6 Å². The number of hydrogen-bond acceptors (Lipinski definition) is 4. The zero-order valence-corrected chi connectivity index (χ0v) is 11.1. The predicted octanol–water partition coefficient (Wildman–Crippen LogP) is 2.02. The molecule has 5 heteroatoms. The van der Waals surface area contributed by atoms with Gasteiger partial charge in [0.05, 0.1) is 29.3 Å². The zero-order valence-electron chi connectivity index (χ0n) is 11.1. The molecule has 100 valence electrons. The van der Waals surface area contributed by atoms with Crippen LogP contribution in [-0.2, 0) is 0 Å². The minimum atomic E-state index is -0.355. The molecule has 2 heterocycles. The van der Waals surface area contributed by atoms with E-state index in [1.54, 1.807) is 17.1 Å². The van der Waals surface area contributed by atoms with Crippen molar-refractivity contribution < 1.29 is 0 Å². The lowest BCUT2D eigenvalue weighted by Crippen LogP contribution is -2.19. The molecule has 5 nitrogen and oxygen atoms in total. The van der Waals surface area contributed by atoms with Gasteiger partial charge in [0.15, 0.2) is 0 Å². The third kappa shape index (κ3) is 2.19. The number of nitrogens with zero attached hydrogens (tertiary/aromatic N) is 4. The average Bonchev–Trinajstić information content (AvgIpc) is 2.97. The minimum absolute atomic E-state index is 0.355. The summed E-state index contributed by atoms with van der Waals surface area (Å²) in [6, 6.07) is 13.4. The minimum Gasteiger partial charge on any atom is -0.318 e. The molecule has 2 aromatic heterocycles. The molecule has 0 saturated heterocycles. The van der Waals surface area contributed by atoms with Crippen molar-refractivity contribution in [2.24, 2.45) is 5.73 Å². The van der Waals surface area contributed by atoms with E-state index in [-0.39, 0.29) is 6.04 Å². The summed E-state index contributed by atoms with van der Waals surface area (Å²) in [6.07, 6.45) is 3.44. The second kappa shape index (κ2) is 5.22. The summed E-state index contributed by atoms with van der Waals surface area (Å²) in [7, 11) is 0. The van der Waals surface area contributed by atoms with Gasteiger partial charge in [0, 0.05) is 6.20 Å². The Balaban J connectivity index is 2.04. The fourth-order valence-electron chi connectivity index (χ4n) is 2.19. The highest BCUT2D eigenvalue weighted by Gasteiger charge is 2.18. The van der Waals surface area contributed by atoms with E-state index in [0.717, 1.165) is 22.6 Å². The molecule has 1 aromatic carbocycles. The normalized spacial score (nSPS) is 12.3. The molecular formula is C15H15N5. The van der Waals surface area contributed by atoms with Gasteiger partial charge >= 0.3 is 0 Å². The van der Waals surface area contributed by atoms with Crippen LogP contribution in [0, 0.1) is 6.92 Å². The van der Waals surface area contributed by atoms with Gasteiger partial charge in [0.2, 0.25) is 0 Å². The Kier molecular flexibility index (Phi) is 3.26. The summed E-state index contributed by atoms with van der Waals surface area (Å²) >= 11 is 0. The van der Waals surface area contributed by atoms with Crippen molar-refractivity contribution in [2.45, 2.75) is 13.0 Å². The van der Waals surface area contributed by atoms with Crippen molar-refractivity contribution in [3.63, 3.8) is 0 Å². The first kappa shape index (κ1) is 12.5. The van der Waals surface area contributed by atoms with E-state index in [2.05, 4.69) is 15.3 Å². The molecule has 0 spiro atoms. The van der Waals surface area contributed by atoms with Gasteiger partial charge in [0.1, 0.15) is 0 Å². The summed E-state index contributed by atoms with van der Waals surface area (Å²) in [5.41, 5.74) is 9.98. The van der Waals surface area contributed by atoms with Crippen LogP contribution in [0.1, 0.15) is 23.0 Å². The summed E-state index contributed by atoms with van der Waals surface area (Å²) < 4.78 is 1.75. The summed E-state index contributed by atoms with van der Waals surface area (Å²) in [4.78, 5) is 4.38. The van der Waals surface area contributed by atoms with E-state index < -0.39 is 0 Å². The van der Waals surface area contributed by atoms with Gasteiger partial charge in [-0.05, 0) is 30.7 Å². The summed E-state index contributed by atoms with van der Waals surface area (Å²) in [6.45, 7) is 2.00. The monoisotopic (exact) mass is 265 g/mol. The number of pyridine rings is 1. The van der Waals surface area contributed by atoms with Crippen molar-refractivity contribution in [3.05, 3.63) is 71.8 Å². The molecular weight excluding hydrogens is 250 g/mol. The average molecular weight is 265 g/mol. The third-order valence-electron chi connectivity index (χ3n) is 3.24. The van der Waals surface area contributed by atoms with Crippen molar-refractivity contribution in [2.75, 3.05) is 0 Å². The van der Waals surface area contributed by atoms with E-state index in [1.165, 1.54) is 0 Å². The van der Waals surface area contributed by atoms with Crippen LogP contribution in [0.4, 0.5) is 0 Å². The number of rotatable bonds is 3. The number of aromatic nitrogens is 4. The molecule has 0 aliphatic rings. The van der Waals surface area contributed by atoms with Crippen LogP contribution < -0.4 is 5.73 Å². The second-order valence-electron chi connectivity index (χ2n) is 4.59. The highest BCUT2D eigenvalue weighted by Crippen LogP contribution is 2.21. The zero-order chi connectivity index (χ0) is 13.9. The van der Waals surface area contributed by atoms with Crippen LogP contribution in [0.25, 0.3) is 5.69 Å². The smallest absolute Gasteiger partial charge is 0.0920 e. The Labute approximate surface area is 117 Å². The Morgan fingerprint density at radius 2 is 1.90 bits per heavy atom. The standard InChI is InChI=1S/C15H15N5/c1-11-6-5-9-17-15(11)14(16)13-10-18-19-20(13)12-7-3-2-4-8-12/h2-10,14H,16H2,1H3. The third-order valence-corrected chi connectivity index (χ3v) is 3.24. The number of aryl methyl sites for hydroxylation is 1. The molecule has 0 radical (unpaired) electrons. The molecule has 0 fully saturated rings. The number of hydrogen-bond donors (Lipinski definition) is 1. The lowest BCUT2D eigenvalue weighted by atomic mass is 10.1. The van der Waals surface area contributed by atoms with E-state index in [1.807, 2.05) is 49.4 Å². The molecule has 0 saturated carbocycles. The number of benzene rings is 1. The molecule has 1 unspecified atom stereocenters. The molecule has 20 heavy (non-hydrogen) atoms. The largest absolute Gasteiger partial charge is 0.318 e. The molecule has 3 rings (SSSR count). The van der Waals surface area contributed by atoms with Crippen LogP contribution in [-0.4, -0.2) is 20.0 Å². The molecule has 0 aliphatic heterocycles. The van der Waals surface area contributed by atoms with Crippen molar-refractivity contribution in [1.29, 1.82) is 0 Å². The Morgan fingerprint density at radius 1 is 1.10 bits per heavy atom. The van der Waals surface area contributed by atoms with Crippen LogP contribution in [0.15, 0.2) is 54.9 Å². The lowest BCUT2D eigenvalue weighted by Gasteiger charge is -2.14. The maximum Gasteiger partial charge on any atom is 0.0920 e. The van der Waals surface area contributed by atoms with Crippen LogP contribution in [0.3, 0.4) is 0 Å². The quantitative estimate of drug-likeness (QED) is 0.786. The summed E-state index contributed by atoms with van der Waals surface area (Å²) in [5, 5.41) is 8.10. The maximum atomic E-state index is 6.34. The second-order valence-corrected chi connectivity index (χ2v) is 4.59. The van der Waals surface area contributed by atoms with Crippen molar-refractivity contribution >= 4 is 0 Å². The van der Waals surface area contributed by atoms with Crippen LogP contribution in [0.5, 0.6) is 0 Å². The number of para-hydroxylation sites is 1. The van der Waals surface area contributed by atoms with Crippen molar-refractivity contribution in [1.82, 2.24) is 20.0 Å². The highest BCUT2D eigenvalue weighted by atomic mass is 15.4.